The third-order valence-corrected chi connectivity index (χ3v) is 12.2. The number of esters is 1. The number of rotatable bonds is 16. The van der Waals surface area contributed by atoms with Gasteiger partial charge < -0.3 is 34.6 Å². The molecule has 0 bridgehead atoms. The minimum absolute atomic E-state index is 0.0480. The minimum atomic E-state index is -4.40. The number of hydrogen-bond donors (Lipinski definition) is 3. The van der Waals surface area contributed by atoms with Gasteiger partial charge in [0.1, 0.15) is 23.1 Å². The van der Waals surface area contributed by atoms with Crippen LogP contribution in [-0.4, -0.2) is 111 Å². The Morgan fingerprint density at radius 2 is 1.27 bits per heavy atom. The van der Waals surface area contributed by atoms with Crippen LogP contribution in [-0.2, 0) is 38.6 Å². The SMILES string of the molecule is CCOC(=O)[C@H](CNC(=O)CNC(=O)C(CCC1CCN(C(=O)OC(C)(C)C)CC1)CCC1CCN(C(=O)OC(C)(C)C)CC1)NS(=O)(=O)c1ccc(F)c2ccccc12. The van der Waals surface area contributed by atoms with E-state index in [1.165, 1.54) is 12.1 Å². The first-order valence-corrected chi connectivity index (χ1v) is 22.5. The van der Waals surface area contributed by atoms with Crippen LogP contribution in [0.5, 0.6) is 0 Å². The molecule has 1 atom stereocenters. The van der Waals surface area contributed by atoms with Crippen molar-refractivity contribution in [3.8, 4) is 0 Å². The monoisotopic (exact) mass is 861 g/mol. The lowest BCUT2D eigenvalue weighted by Gasteiger charge is -2.34. The summed E-state index contributed by atoms with van der Waals surface area (Å²) in [5, 5.41) is 5.48. The maximum atomic E-state index is 14.4. The van der Waals surface area contributed by atoms with Crippen LogP contribution in [0.1, 0.15) is 99.8 Å². The van der Waals surface area contributed by atoms with E-state index >= 15 is 0 Å². The van der Waals surface area contributed by atoms with Crippen LogP contribution in [0, 0.1) is 23.6 Å². The molecule has 2 heterocycles. The predicted molar refractivity (Wildman–Crippen MR) is 224 cm³/mol. The van der Waals surface area contributed by atoms with Crippen LogP contribution in [0.25, 0.3) is 10.8 Å². The normalized spacial score (nSPS) is 16.4. The van der Waals surface area contributed by atoms with Gasteiger partial charge in [-0.1, -0.05) is 24.3 Å². The average Bonchev–Trinajstić information content (AvgIpc) is 3.17. The van der Waals surface area contributed by atoms with Gasteiger partial charge in [-0.3, -0.25) is 14.4 Å². The summed E-state index contributed by atoms with van der Waals surface area (Å²) < 4.78 is 59.9. The summed E-state index contributed by atoms with van der Waals surface area (Å²) in [6.07, 6.45) is 5.12. The number of carbonyl (C=O) groups excluding carboxylic acids is 5. The Hall–Kier alpha value is -4.51. The fourth-order valence-electron chi connectivity index (χ4n) is 7.47. The van der Waals surface area contributed by atoms with E-state index in [2.05, 4.69) is 15.4 Å². The summed E-state index contributed by atoms with van der Waals surface area (Å²) >= 11 is 0. The van der Waals surface area contributed by atoms with Crippen molar-refractivity contribution >= 4 is 50.8 Å². The minimum Gasteiger partial charge on any atom is -0.465 e. The maximum absolute atomic E-state index is 14.4. The maximum Gasteiger partial charge on any atom is 0.410 e. The van der Waals surface area contributed by atoms with Gasteiger partial charge in [-0.15, -0.1) is 0 Å². The zero-order chi connectivity index (χ0) is 44.3. The molecule has 0 aromatic heterocycles. The molecule has 2 aromatic carbocycles. The van der Waals surface area contributed by atoms with Gasteiger partial charge in [0.2, 0.25) is 21.8 Å². The van der Waals surface area contributed by atoms with Crippen molar-refractivity contribution in [3.63, 3.8) is 0 Å². The molecule has 2 aliphatic heterocycles. The number of ether oxygens (including phenoxy) is 3. The molecule has 60 heavy (non-hydrogen) atoms. The summed E-state index contributed by atoms with van der Waals surface area (Å²) in [7, 11) is -4.40. The standard InChI is InChI=1S/C43H64FN5O10S/c1-8-57-39(52)35(47-60(55,56)36-18-17-34(44)32-11-9-10-12-33(32)36)27-45-37(50)28-46-38(51)31(15-13-29-19-23-48(24-20-29)40(53)58-42(2,3)4)16-14-30-21-25-49(26-22-30)41(54)59-43(5,6)7/h9-12,17-18,29-31,35,47H,8,13-16,19-28H2,1-7H3,(H,45,50)(H,46,51)/t35-/m0/s1. The number of amides is 4. The number of likely N-dealkylation sites (tertiary alicyclic amines) is 2. The molecule has 17 heteroatoms. The molecule has 2 aromatic rings. The van der Waals surface area contributed by atoms with E-state index < -0.39 is 64.0 Å². The summed E-state index contributed by atoms with van der Waals surface area (Å²) in [6.45, 7) is 13.9. The highest BCUT2D eigenvalue weighted by molar-refractivity contribution is 7.89. The van der Waals surface area contributed by atoms with E-state index in [1.807, 2.05) is 41.5 Å². The number of nitrogens with zero attached hydrogens (tertiary/aromatic N) is 2. The Morgan fingerprint density at radius 1 is 0.767 bits per heavy atom. The van der Waals surface area contributed by atoms with Gasteiger partial charge in [0.05, 0.1) is 18.0 Å². The van der Waals surface area contributed by atoms with Gasteiger partial charge in [0, 0.05) is 49.4 Å². The topological polar surface area (TPSA) is 190 Å². The smallest absolute Gasteiger partial charge is 0.410 e. The fourth-order valence-corrected chi connectivity index (χ4v) is 8.86. The highest BCUT2D eigenvalue weighted by Gasteiger charge is 2.32. The Morgan fingerprint density at radius 3 is 1.75 bits per heavy atom. The van der Waals surface area contributed by atoms with Crippen LogP contribution in [0.2, 0.25) is 0 Å². The van der Waals surface area contributed by atoms with E-state index in [9.17, 15) is 36.8 Å². The van der Waals surface area contributed by atoms with Crippen molar-refractivity contribution in [1.29, 1.82) is 0 Å². The second kappa shape index (κ2) is 21.3. The lowest BCUT2D eigenvalue weighted by Crippen LogP contribution is -2.50. The molecule has 4 rings (SSSR count). The molecule has 15 nitrogen and oxygen atoms in total. The average molecular weight is 862 g/mol. The van der Waals surface area contributed by atoms with Crippen molar-refractivity contribution in [3.05, 3.63) is 42.2 Å². The van der Waals surface area contributed by atoms with Gasteiger partial charge in [-0.2, -0.15) is 4.72 Å². The van der Waals surface area contributed by atoms with Crippen LogP contribution < -0.4 is 15.4 Å². The van der Waals surface area contributed by atoms with E-state index in [1.54, 1.807) is 28.9 Å². The van der Waals surface area contributed by atoms with Crippen molar-refractivity contribution in [2.75, 3.05) is 45.9 Å². The number of halogens is 1. The summed E-state index contributed by atoms with van der Waals surface area (Å²) in [5.74, 6) is -2.28. The molecule has 0 aliphatic carbocycles. The molecule has 2 aliphatic rings. The van der Waals surface area contributed by atoms with E-state index in [-0.39, 0.29) is 40.4 Å². The van der Waals surface area contributed by atoms with Gasteiger partial charge in [-0.25, -0.2) is 22.4 Å². The van der Waals surface area contributed by atoms with Crippen molar-refractivity contribution in [2.24, 2.45) is 17.8 Å². The van der Waals surface area contributed by atoms with Gasteiger partial charge in [0.25, 0.3) is 0 Å². The summed E-state index contributed by atoms with van der Waals surface area (Å²) in [6, 6.07) is 6.65. The number of nitrogens with one attached hydrogen (secondary N) is 3. The van der Waals surface area contributed by atoms with Crippen LogP contribution in [0.4, 0.5) is 14.0 Å². The quantitative estimate of drug-likeness (QED) is 0.136. The van der Waals surface area contributed by atoms with Gasteiger partial charge in [-0.05, 0) is 124 Å². The molecule has 2 fully saturated rings. The molecule has 2 saturated heterocycles. The molecule has 4 amide bonds. The highest BCUT2D eigenvalue weighted by atomic mass is 32.2. The molecule has 0 unspecified atom stereocenters. The third-order valence-electron chi connectivity index (χ3n) is 10.7. The zero-order valence-electron chi connectivity index (χ0n) is 36.1. The zero-order valence-corrected chi connectivity index (χ0v) is 37.0. The Labute approximate surface area is 353 Å². The van der Waals surface area contributed by atoms with E-state index in [0.29, 0.717) is 50.9 Å². The Kier molecular flexibility index (Phi) is 17.1. The van der Waals surface area contributed by atoms with Gasteiger partial charge in [0.15, 0.2) is 0 Å². The van der Waals surface area contributed by atoms with E-state index in [4.69, 9.17) is 14.2 Å². The first kappa shape index (κ1) is 48.2. The fraction of sp³-hybridized carbons (Fsp3) is 0.651. The number of hydrogen-bond acceptors (Lipinski definition) is 10. The number of benzene rings is 2. The van der Waals surface area contributed by atoms with Crippen molar-refractivity contribution < 1.29 is 51.0 Å². The molecular formula is C43H64FN5O10S. The molecule has 0 spiro atoms. The van der Waals surface area contributed by atoms with Crippen LogP contribution >= 0.6 is 0 Å². The van der Waals surface area contributed by atoms with Crippen LogP contribution in [0.15, 0.2) is 41.3 Å². The molecular weight excluding hydrogens is 798 g/mol. The largest absolute Gasteiger partial charge is 0.465 e. The number of fused-ring (bicyclic) bond motifs is 1. The lowest BCUT2D eigenvalue weighted by atomic mass is 9.84. The summed E-state index contributed by atoms with van der Waals surface area (Å²) in [5.41, 5.74) is -1.17. The summed E-state index contributed by atoms with van der Waals surface area (Å²) in [4.78, 5) is 68.1. The number of carbonyl (C=O) groups is 5. The Balaban J connectivity index is 1.35. The number of piperidine rings is 2. The lowest BCUT2D eigenvalue weighted by molar-refractivity contribution is -0.145. The molecule has 334 valence electrons. The molecule has 0 radical (unpaired) electrons. The molecule has 3 N–H and O–H groups in total. The highest BCUT2D eigenvalue weighted by Crippen LogP contribution is 2.30. The van der Waals surface area contributed by atoms with E-state index in [0.717, 1.165) is 50.7 Å². The van der Waals surface area contributed by atoms with Crippen molar-refractivity contribution in [1.82, 2.24) is 25.2 Å². The Bertz CT molecular complexity index is 1860. The second-order valence-electron chi connectivity index (χ2n) is 17.7. The first-order valence-electron chi connectivity index (χ1n) is 21.0. The first-order chi connectivity index (χ1) is 28.2. The predicted octanol–water partition coefficient (Wildman–Crippen LogP) is 5.89. The van der Waals surface area contributed by atoms with Crippen molar-refractivity contribution in [2.45, 2.75) is 122 Å². The molecule has 0 saturated carbocycles. The third kappa shape index (κ3) is 14.9. The van der Waals surface area contributed by atoms with Crippen LogP contribution in [0.3, 0.4) is 0 Å². The van der Waals surface area contributed by atoms with Gasteiger partial charge >= 0.3 is 18.2 Å². The number of sulfonamides is 1. The second-order valence-corrected chi connectivity index (χ2v) is 19.4.